The van der Waals surface area contributed by atoms with E-state index in [2.05, 4.69) is 48.6 Å². The lowest BCUT2D eigenvalue weighted by Crippen LogP contribution is -1.85. The van der Waals surface area contributed by atoms with E-state index < -0.39 is 0 Å². The highest BCUT2D eigenvalue weighted by atomic mass is 32.1. The summed E-state index contributed by atoms with van der Waals surface area (Å²) in [6, 6.07) is 10.8. The van der Waals surface area contributed by atoms with Gasteiger partial charge in [-0.3, -0.25) is 0 Å². The Kier molecular flexibility index (Phi) is 2.64. The lowest BCUT2D eigenvalue weighted by atomic mass is 10.0. The molecule has 1 aromatic carbocycles. The number of hydrogen-bond acceptors (Lipinski definition) is 2. The van der Waals surface area contributed by atoms with Crippen molar-refractivity contribution in [3.8, 4) is 10.4 Å². The molecular weight excluding hydrogens is 190 g/mol. The lowest BCUT2D eigenvalue weighted by Gasteiger charge is -2.05. The average molecular weight is 203 g/mol. The first-order valence-electron chi connectivity index (χ1n) is 4.78. The van der Waals surface area contributed by atoms with Crippen LogP contribution in [0.15, 0.2) is 36.5 Å². The quantitative estimate of drug-likeness (QED) is 0.720. The highest BCUT2D eigenvalue weighted by Crippen LogP contribution is 2.24. The van der Waals surface area contributed by atoms with Gasteiger partial charge in [-0.2, -0.15) is 0 Å². The van der Waals surface area contributed by atoms with Gasteiger partial charge in [0, 0.05) is 6.20 Å². The molecule has 0 saturated heterocycles. The minimum Gasteiger partial charge on any atom is -0.201 e. The molecule has 0 N–H and O–H groups in total. The first kappa shape index (κ1) is 9.41. The van der Waals surface area contributed by atoms with Crippen LogP contribution in [0.1, 0.15) is 25.3 Å². The van der Waals surface area contributed by atoms with Gasteiger partial charge in [0.05, 0.1) is 4.88 Å². The zero-order valence-corrected chi connectivity index (χ0v) is 9.21. The molecule has 0 spiro atoms. The molecule has 2 rings (SSSR count). The maximum atomic E-state index is 4.10. The van der Waals surface area contributed by atoms with Crippen LogP contribution >= 0.6 is 11.5 Å². The van der Waals surface area contributed by atoms with Crippen LogP contribution in [0.5, 0.6) is 0 Å². The topological polar surface area (TPSA) is 12.9 Å². The molecule has 0 unspecified atom stereocenters. The predicted octanol–water partition coefficient (Wildman–Crippen LogP) is 3.93. The molecule has 0 aliphatic heterocycles. The monoisotopic (exact) mass is 203 g/mol. The summed E-state index contributed by atoms with van der Waals surface area (Å²) in [6.07, 6.45) is 1.84. The summed E-state index contributed by atoms with van der Waals surface area (Å²) in [5.41, 5.74) is 2.65. The molecule has 1 nitrogen and oxygen atoms in total. The van der Waals surface area contributed by atoms with E-state index in [-0.39, 0.29) is 0 Å². The second-order valence-corrected chi connectivity index (χ2v) is 4.49. The number of hydrogen-bond donors (Lipinski definition) is 0. The van der Waals surface area contributed by atoms with Crippen molar-refractivity contribution in [1.82, 2.24) is 4.37 Å². The molecule has 0 amide bonds. The van der Waals surface area contributed by atoms with Gasteiger partial charge >= 0.3 is 0 Å². The van der Waals surface area contributed by atoms with E-state index in [1.165, 1.54) is 16.0 Å². The fraction of sp³-hybridized carbons (Fsp3) is 0.250. The zero-order chi connectivity index (χ0) is 9.97. The third kappa shape index (κ3) is 1.85. The molecule has 14 heavy (non-hydrogen) atoms. The molecule has 2 heteroatoms. The molecule has 72 valence electrons. The van der Waals surface area contributed by atoms with Crippen LogP contribution in [-0.2, 0) is 0 Å². The van der Waals surface area contributed by atoms with Gasteiger partial charge in [0.2, 0.25) is 0 Å². The van der Waals surface area contributed by atoms with Gasteiger partial charge in [-0.15, -0.1) is 0 Å². The Morgan fingerprint density at radius 3 is 2.29 bits per heavy atom. The van der Waals surface area contributed by atoms with Crippen LogP contribution in [0.4, 0.5) is 0 Å². The van der Waals surface area contributed by atoms with Gasteiger partial charge in [-0.1, -0.05) is 38.1 Å². The molecule has 0 fully saturated rings. The van der Waals surface area contributed by atoms with Gasteiger partial charge in [0.1, 0.15) is 0 Å². The molecular formula is C12H13NS. The van der Waals surface area contributed by atoms with Crippen LogP contribution < -0.4 is 0 Å². The summed E-state index contributed by atoms with van der Waals surface area (Å²) in [6.45, 7) is 4.42. The number of aromatic nitrogens is 1. The third-order valence-electron chi connectivity index (χ3n) is 2.30. The second-order valence-electron chi connectivity index (χ2n) is 3.65. The highest BCUT2D eigenvalue weighted by Gasteiger charge is 2.01. The van der Waals surface area contributed by atoms with Gasteiger partial charge in [0.15, 0.2) is 0 Å². The summed E-state index contributed by atoms with van der Waals surface area (Å²) in [4.78, 5) is 1.24. The summed E-state index contributed by atoms with van der Waals surface area (Å²) in [7, 11) is 0. The summed E-state index contributed by atoms with van der Waals surface area (Å²) < 4.78 is 4.10. The SMILES string of the molecule is CC(C)c1ccc(-c2ccns2)cc1. The van der Waals surface area contributed by atoms with E-state index in [1.807, 2.05) is 6.20 Å². The maximum Gasteiger partial charge on any atom is 0.0549 e. The smallest absolute Gasteiger partial charge is 0.0549 e. The molecule has 0 aliphatic rings. The van der Waals surface area contributed by atoms with E-state index >= 15 is 0 Å². The number of rotatable bonds is 2. The molecule has 2 aromatic rings. The highest BCUT2D eigenvalue weighted by molar-refractivity contribution is 7.09. The third-order valence-corrected chi connectivity index (χ3v) is 3.10. The van der Waals surface area contributed by atoms with Crippen molar-refractivity contribution >= 4 is 11.5 Å². The second kappa shape index (κ2) is 3.93. The lowest BCUT2D eigenvalue weighted by molar-refractivity contribution is 0.867. The van der Waals surface area contributed by atoms with E-state index in [0.717, 1.165) is 0 Å². The zero-order valence-electron chi connectivity index (χ0n) is 8.40. The molecule has 1 heterocycles. The molecule has 0 bridgehead atoms. The van der Waals surface area contributed by atoms with Crippen molar-refractivity contribution in [3.05, 3.63) is 42.1 Å². The molecule has 1 aromatic heterocycles. The Bertz CT molecular complexity index is 387. The van der Waals surface area contributed by atoms with Gasteiger partial charge in [-0.25, -0.2) is 4.37 Å². The van der Waals surface area contributed by atoms with Crippen LogP contribution in [0.25, 0.3) is 10.4 Å². The van der Waals surface area contributed by atoms with Crippen molar-refractivity contribution in [2.45, 2.75) is 19.8 Å². The average Bonchev–Trinajstić information content (AvgIpc) is 2.71. The first-order chi connectivity index (χ1) is 6.77. The van der Waals surface area contributed by atoms with Crippen molar-refractivity contribution in [3.63, 3.8) is 0 Å². The molecule has 0 aliphatic carbocycles. The summed E-state index contributed by atoms with van der Waals surface area (Å²) in [5.74, 6) is 0.602. The fourth-order valence-electron chi connectivity index (χ4n) is 1.40. The number of benzene rings is 1. The summed E-state index contributed by atoms with van der Waals surface area (Å²) in [5, 5.41) is 0. The van der Waals surface area contributed by atoms with Crippen LogP contribution in [0, 0.1) is 0 Å². The Balaban J connectivity index is 2.31. The predicted molar refractivity (Wildman–Crippen MR) is 61.6 cm³/mol. The summed E-state index contributed by atoms with van der Waals surface area (Å²) >= 11 is 1.54. The van der Waals surface area contributed by atoms with Crippen LogP contribution in [0.3, 0.4) is 0 Å². The van der Waals surface area contributed by atoms with Gasteiger partial charge in [0.25, 0.3) is 0 Å². The Hall–Kier alpha value is -1.15. The maximum absolute atomic E-state index is 4.10. The van der Waals surface area contributed by atoms with Crippen molar-refractivity contribution in [1.29, 1.82) is 0 Å². The Morgan fingerprint density at radius 2 is 1.79 bits per heavy atom. The van der Waals surface area contributed by atoms with E-state index in [9.17, 15) is 0 Å². The van der Waals surface area contributed by atoms with Crippen molar-refractivity contribution in [2.75, 3.05) is 0 Å². The molecule has 0 saturated carbocycles. The minimum atomic E-state index is 0.602. The fourth-order valence-corrected chi connectivity index (χ4v) is 2.00. The van der Waals surface area contributed by atoms with Gasteiger partial charge in [-0.05, 0) is 34.6 Å². The largest absolute Gasteiger partial charge is 0.201 e. The van der Waals surface area contributed by atoms with Crippen LogP contribution in [0.2, 0.25) is 0 Å². The van der Waals surface area contributed by atoms with Crippen LogP contribution in [-0.4, -0.2) is 4.37 Å². The van der Waals surface area contributed by atoms with E-state index in [1.54, 1.807) is 11.5 Å². The van der Waals surface area contributed by atoms with E-state index in [4.69, 9.17) is 0 Å². The Labute approximate surface area is 88.6 Å². The van der Waals surface area contributed by atoms with Gasteiger partial charge < -0.3 is 0 Å². The molecule has 0 atom stereocenters. The normalized spacial score (nSPS) is 10.8. The first-order valence-corrected chi connectivity index (χ1v) is 5.56. The van der Waals surface area contributed by atoms with E-state index in [0.29, 0.717) is 5.92 Å². The molecule has 0 radical (unpaired) electrons. The standard InChI is InChI=1S/C12H13NS/c1-9(2)10-3-5-11(6-4-10)12-7-8-13-14-12/h3-9H,1-2H3. The Morgan fingerprint density at radius 1 is 1.07 bits per heavy atom. The van der Waals surface area contributed by atoms with Crippen molar-refractivity contribution in [2.24, 2.45) is 0 Å². The minimum absolute atomic E-state index is 0.602. The van der Waals surface area contributed by atoms with Crippen molar-refractivity contribution < 1.29 is 0 Å². The number of nitrogens with zero attached hydrogens (tertiary/aromatic N) is 1.